The average Bonchev–Trinajstić information content (AvgIpc) is 3.32. The van der Waals surface area contributed by atoms with E-state index >= 15 is 0 Å². The van der Waals surface area contributed by atoms with Gasteiger partial charge < -0.3 is 24.8 Å². The molecule has 6 aromatic rings. The molecule has 0 atom stereocenters. The molecule has 1 aliphatic rings. The molecule has 237 valence electrons. The Kier molecular flexibility index (Phi) is 10.5. The fourth-order valence-electron chi connectivity index (χ4n) is 7.07. The zero-order valence-corrected chi connectivity index (χ0v) is 32.3. The molecule has 0 heterocycles. The summed E-state index contributed by atoms with van der Waals surface area (Å²) < 4.78 is 2.26. The summed E-state index contributed by atoms with van der Waals surface area (Å²) in [6.45, 7) is 14.1. The van der Waals surface area contributed by atoms with Crippen molar-refractivity contribution in [3.05, 3.63) is 155 Å². The Hall–Kier alpha value is -2.83. The molecule has 0 nitrogen and oxygen atoms in total. The minimum absolute atomic E-state index is 0. The van der Waals surface area contributed by atoms with Crippen LogP contribution >= 0.6 is 0 Å². The van der Waals surface area contributed by atoms with Crippen LogP contribution in [0.25, 0.3) is 32.7 Å². The smallest absolute Gasteiger partial charge is 1.00 e. The van der Waals surface area contributed by atoms with Gasteiger partial charge in [0.2, 0.25) is 0 Å². The largest absolute Gasteiger partial charge is 1.00 e. The van der Waals surface area contributed by atoms with Crippen molar-refractivity contribution in [1.29, 1.82) is 0 Å². The molecule has 6 aromatic carbocycles. The molecule has 0 saturated carbocycles. The van der Waals surface area contributed by atoms with E-state index in [1.165, 1.54) is 54.9 Å². The molecule has 0 aromatic heterocycles. The molecule has 0 amide bonds. The third-order valence-corrected chi connectivity index (χ3v) is 13.8. The standard InChI is InChI=1S/C23H18.C21H25.2ClH.Zr/c1-3-16-22-18(8-1)10-5-12-20(22)14-7-15-21-13-6-11-19-9-2-4-17-23(19)21;1-20(2,3)16-7-9-18-14(12-16)11-15-13-17(21(4,5)6)8-10-19(15)18;;;/h1-6,8-13,16-17H,14-15H2;7-13H,1-6H3;2*1H;/q;;;;+2/p-2. The maximum atomic E-state index is 2.57. The average molecular weight is 734 g/mol. The summed E-state index contributed by atoms with van der Waals surface area (Å²) >= 11 is -1.14. The van der Waals surface area contributed by atoms with Gasteiger partial charge in [-0.1, -0.05) is 0 Å². The first-order valence-electron chi connectivity index (χ1n) is 16.4. The molecular weight excluding hydrogens is 691 g/mol. The van der Waals surface area contributed by atoms with Crippen molar-refractivity contribution in [1.82, 2.24) is 0 Å². The van der Waals surface area contributed by atoms with Crippen molar-refractivity contribution in [2.24, 2.45) is 0 Å². The number of hydrogen-bond acceptors (Lipinski definition) is 0. The van der Waals surface area contributed by atoms with E-state index in [1.54, 1.807) is 14.3 Å². The summed E-state index contributed by atoms with van der Waals surface area (Å²) in [5.41, 5.74) is 12.1. The van der Waals surface area contributed by atoms with Gasteiger partial charge in [0.1, 0.15) is 0 Å². The molecule has 3 heteroatoms. The first-order valence-corrected chi connectivity index (χ1v) is 19.0. The van der Waals surface area contributed by atoms with E-state index in [0.717, 1.165) is 12.8 Å². The Morgan fingerprint density at radius 2 is 0.915 bits per heavy atom. The van der Waals surface area contributed by atoms with Gasteiger partial charge in [0, 0.05) is 0 Å². The second-order valence-electron chi connectivity index (χ2n) is 14.9. The van der Waals surface area contributed by atoms with Crippen LogP contribution in [0.4, 0.5) is 0 Å². The Labute approximate surface area is 304 Å². The zero-order valence-electron chi connectivity index (χ0n) is 28.3. The fraction of sp³-hybridized carbons (Fsp3) is 0.250. The van der Waals surface area contributed by atoms with Crippen LogP contribution in [-0.2, 0) is 46.4 Å². The van der Waals surface area contributed by atoms with Crippen molar-refractivity contribution in [3.63, 3.8) is 0 Å². The van der Waals surface area contributed by atoms with Crippen LogP contribution in [0.5, 0.6) is 0 Å². The second-order valence-corrected chi connectivity index (χ2v) is 18.8. The van der Waals surface area contributed by atoms with Crippen LogP contribution in [0.3, 0.4) is 0 Å². The Morgan fingerprint density at radius 3 is 1.34 bits per heavy atom. The molecule has 0 radical (unpaired) electrons. The van der Waals surface area contributed by atoms with Gasteiger partial charge in [-0.3, -0.25) is 0 Å². The molecule has 0 fully saturated rings. The summed E-state index contributed by atoms with van der Waals surface area (Å²) in [7, 11) is 0. The van der Waals surface area contributed by atoms with Gasteiger partial charge in [0.15, 0.2) is 0 Å². The maximum absolute atomic E-state index is 2.57. The van der Waals surface area contributed by atoms with Gasteiger partial charge in [-0.05, 0) is 0 Å². The normalized spacial score (nSPS) is 12.6. The predicted molar refractivity (Wildman–Crippen MR) is 191 cm³/mol. The van der Waals surface area contributed by atoms with Crippen LogP contribution in [0.15, 0.2) is 121 Å². The first-order chi connectivity index (χ1) is 21.6. The maximum Gasteiger partial charge on any atom is -1.00 e. The predicted octanol–water partition coefficient (Wildman–Crippen LogP) is 5.41. The van der Waals surface area contributed by atoms with E-state index in [0.29, 0.717) is 3.63 Å². The summed E-state index contributed by atoms with van der Waals surface area (Å²) in [5.74, 6) is 0. The summed E-state index contributed by atoms with van der Waals surface area (Å²) in [5, 5.41) is 5.47. The minimum Gasteiger partial charge on any atom is -1.00 e. The third-order valence-electron chi connectivity index (χ3n) is 9.66. The van der Waals surface area contributed by atoms with Gasteiger partial charge in [-0.2, -0.15) is 0 Å². The molecular formula is C44H43Cl2Zr. The summed E-state index contributed by atoms with van der Waals surface area (Å²) in [4.78, 5) is 0. The van der Waals surface area contributed by atoms with Crippen LogP contribution in [0, 0.1) is 0 Å². The quantitative estimate of drug-likeness (QED) is 0.223. The van der Waals surface area contributed by atoms with E-state index in [9.17, 15) is 0 Å². The number of fused-ring (bicyclic) bond motifs is 5. The molecule has 0 bridgehead atoms. The van der Waals surface area contributed by atoms with Gasteiger partial charge >= 0.3 is 282 Å². The molecule has 0 unspecified atom stereocenters. The van der Waals surface area contributed by atoms with Crippen molar-refractivity contribution >= 4 is 24.8 Å². The van der Waals surface area contributed by atoms with E-state index in [2.05, 4.69) is 163 Å². The van der Waals surface area contributed by atoms with Crippen LogP contribution < -0.4 is 24.8 Å². The van der Waals surface area contributed by atoms with E-state index in [1.807, 2.05) is 0 Å². The SMILES string of the molecule is CC(C)(C)c1ccc2c(c1)[CH]([Zr+2]=[C](Cc1cccc3ccccc13)Cc1cccc3ccccc13)c1cc(C(C)(C)C)ccc1-2.[Cl-].[Cl-]. The van der Waals surface area contributed by atoms with Gasteiger partial charge in [-0.15, -0.1) is 0 Å². The third kappa shape index (κ3) is 7.15. The molecule has 0 spiro atoms. The summed E-state index contributed by atoms with van der Waals surface area (Å²) in [6.07, 6.45) is 2.10. The van der Waals surface area contributed by atoms with Gasteiger partial charge in [-0.25, -0.2) is 0 Å². The van der Waals surface area contributed by atoms with E-state index < -0.39 is 22.8 Å². The number of rotatable bonds is 5. The van der Waals surface area contributed by atoms with E-state index in [4.69, 9.17) is 0 Å². The zero-order chi connectivity index (χ0) is 31.3. The van der Waals surface area contributed by atoms with Crippen LogP contribution in [0.2, 0.25) is 0 Å². The monoisotopic (exact) mass is 731 g/mol. The molecule has 1 aliphatic carbocycles. The number of benzene rings is 6. The Bertz CT molecular complexity index is 1930. The summed E-state index contributed by atoms with van der Waals surface area (Å²) in [6, 6.07) is 46.4. The van der Waals surface area contributed by atoms with Crippen molar-refractivity contribution in [2.75, 3.05) is 0 Å². The van der Waals surface area contributed by atoms with Crippen molar-refractivity contribution in [3.8, 4) is 11.1 Å². The molecule has 0 saturated heterocycles. The Morgan fingerprint density at radius 1 is 0.511 bits per heavy atom. The van der Waals surface area contributed by atoms with Crippen LogP contribution in [-0.4, -0.2) is 3.21 Å². The second kappa shape index (κ2) is 14.0. The minimum atomic E-state index is -1.14. The van der Waals surface area contributed by atoms with E-state index in [-0.39, 0.29) is 35.6 Å². The number of hydrogen-bond donors (Lipinski definition) is 0. The topological polar surface area (TPSA) is 0 Å². The fourth-order valence-corrected chi connectivity index (χ4v) is 11.5. The van der Waals surface area contributed by atoms with Gasteiger partial charge in [0.25, 0.3) is 0 Å². The molecule has 0 aliphatic heterocycles. The van der Waals surface area contributed by atoms with Crippen molar-refractivity contribution < 1.29 is 47.6 Å². The van der Waals surface area contributed by atoms with Crippen LogP contribution in [0.1, 0.15) is 78.5 Å². The molecule has 0 N–H and O–H groups in total. The Balaban J connectivity index is 0.00000217. The first kappa shape index (κ1) is 35.5. The van der Waals surface area contributed by atoms with Crippen molar-refractivity contribution in [2.45, 2.75) is 68.8 Å². The molecule has 47 heavy (non-hydrogen) atoms. The van der Waals surface area contributed by atoms with Gasteiger partial charge in [0.05, 0.1) is 0 Å². The number of halogens is 2. The molecule has 7 rings (SSSR count).